The number of benzene rings is 2. The maximum absolute atomic E-state index is 12.0. The van der Waals surface area contributed by atoms with Crippen molar-refractivity contribution in [3.63, 3.8) is 0 Å². The van der Waals surface area contributed by atoms with E-state index in [0.717, 1.165) is 21.3 Å². The normalized spacial score (nSPS) is 10.2. The summed E-state index contributed by atoms with van der Waals surface area (Å²) in [6, 6.07) is 12.7. The smallest absolute Gasteiger partial charge is 0.226 e. The van der Waals surface area contributed by atoms with Gasteiger partial charge in [0, 0.05) is 35.7 Å². The van der Waals surface area contributed by atoms with Gasteiger partial charge in [-0.25, -0.2) is 0 Å². The molecule has 27 heavy (non-hydrogen) atoms. The van der Waals surface area contributed by atoms with Gasteiger partial charge in [-0.15, -0.1) is 0 Å². The molecule has 0 heterocycles. The van der Waals surface area contributed by atoms with Crippen molar-refractivity contribution < 1.29 is 14.4 Å². The van der Waals surface area contributed by atoms with Crippen LogP contribution in [-0.4, -0.2) is 24.3 Å². The van der Waals surface area contributed by atoms with Crippen LogP contribution < -0.4 is 16.0 Å². The van der Waals surface area contributed by atoms with Crippen LogP contribution in [0.15, 0.2) is 46.9 Å². The van der Waals surface area contributed by atoms with Gasteiger partial charge in [0.15, 0.2) is 0 Å². The molecular formula is C20H22BrN3O3. The lowest BCUT2D eigenvalue weighted by molar-refractivity contribution is -0.120. The molecule has 0 aliphatic carbocycles. The lowest BCUT2D eigenvalue weighted by Crippen LogP contribution is -2.29. The third kappa shape index (κ3) is 7.22. The molecule has 0 aliphatic heterocycles. The number of carbonyl (C=O) groups is 3. The minimum atomic E-state index is -0.159. The quantitative estimate of drug-likeness (QED) is 0.627. The summed E-state index contributed by atoms with van der Waals surface area (Å²) in [7, 11) is 0. The van der Waals surface area contributed by atoms with Crippen LogP contribution in [0.2, 0.25) is 0 Å². The first-order chi connectivity index (χ1) is 12.8. The Bertz CT molecular complexity index is 835. The van der Waals surface area contributed by atoms with Crippen LogP contribution >= 0.6 is 15.9 Å². The van der Waals surface area contributed by atoms with Gasteiger partial charge in [0.1, 0.15) is 0 Å². The maximum Gasteiger partial charge on any atom is 0.226 e. The topological polar surface area (TPSA) is 87.3 Å². The maximum atomic E-state index is 12.0. The van der Waals surface area contributed by atoms with Gasteiger partial charge in [-0.1, -0.05) is 34.1 Å². The van der Waals surface area contributed by atoms with Crippen LogP contribution in [0.25, 0.3) is 0 Å². The van der Waals surface area contributed by atoms with Crippen LogP contribution in [0.1, 0.15) is 24.5 Å². The Morgan fingerprint density at radius 1 is 0.963 bits per heavy atom. The molecule has 3 N–H and O–H groups in total. The summed E-state index contributed by atoms with van der Waals surface area (Å²) < 4.78 is 0.890. The average molecular weight is 432 g/mol. The van der Waals surface area contributed by atoms with Gasteiger partial charge in [0.05, 0.1) is 6.42 Å². The predicted molar refractivity (Wildman–Crippen MR) is 110 cm³/mol. The Morgan fingerprint density at radius 3 is 2.33 bits per heavy atom. The van der Waals surface area contributed by atoms with Crippen molar-refractivity contribution in [2.45, 2.75) is 26.7 Å². The second-order valence-electron chi connectivity index (χ2n) is 6.16. The van der Waals surface area contributed by atoms with Crippen LogP contribution in [-0.2, 0) is 20.8 Å². The highest BCUT2D eigenvalue weighted by Gasteiger charge is 2.08. The van der Waals surface area contributed by atoms with Gasteiger partial charge >= 0.3 is 0 Å². The lowest BCUT2D eigenvalue weighted by Gasteiger charge is -2.10. The van der Waals surface area contributed by atoms with Gasteiger partial charge in [-0.05, 0) is 42.3 Å². The van der Waals surface area contributed by atoms with Crippen molar-refractivity contribution >= 4 is 45.0 Å². The fourth-order valence-corrected chi connectivity index (χ4v) is 2.78. The predicted octanol–water partition coefficient (Wildman–Crippen LogP) is 3.40. The van der Waals surface area contributed by atoms with Crippen LogP contribution in [0.5, 0.6) is 0 Å². The zero-order valence-corrected chi connectivity index (χ0v) is 16.9. The molecule has 7 heteroatoms. The van der Waals surface area contributed by atoms with Gasteiger partial charge in [0.25, 0.3) is 0 Å². The van der Waals surface area contributed by atoms with Crippen molar-refractivity contribution in [2.75, 3.05) is 17.2 Å². The Kier molecular flexibility index (Phi) is 7.55. The Hall–Kier alpha value is -2.67. The van der Waals surface area contributed by atoms with Gasteiger partial charge in [-0.3, -0.25) is 14.4 Å². The molecule has 2 aromatic rings. The van der Waals surface area contributed by atoms with Crippen molar-refractivity contribution in [3.05, 3.63) is 58.1 Å². The van der Waals surface area contributed by atoms with E-state index in [-0.39, 0.29) is 37.1 Å². The monoisotopic (exact) mass is 431 g/mol. The van der Waals surface area contributed by atoms with Crippen molar-refractivity contribution in [2.24, 2.45) is 0 Å². The molecule has 0 radical (unpaired) electrons. The molecule has 0 spiro atoms. The molecule has 2 aromatic carbocycles. The van der Waals surface area contributed by atoms with E-state index in [9.17, 15) is 14.4 Å². The minimum absolute atomic E-state index is 0.142. The Balaban J connectivity index is 1.74. The first-order valence-corrected chi connectivity index (χ1v) is 9.32. The molecule has 0 fully saturated rings. The van der Waals surface area contributed by atoms with E-state index in [0.29, 0.717) is 5.69 Å². The summed E-state index contributed by atoms with van der Waals surface area (Å²) in [6.45, 7) is 3.62. The molecule has 0 saturated carbocycles. The van der Waals surface area contributed by atoms with E-state index in [4.69, 9.17) is 0 Å². The molecule has 0 unspecified atom stereocenters. The fraction of sp³-hybridized carbons (Fsp3) is 0.250. The van der Waals surface area contributed by atoms with E-state index in [1.54, 1.807) is 24.3 Å². The lowest BCUT2D eigenvalue weighted by atomic mass is 10.1. The minimum Gasteiger partial charge on any atom is -0.355 e. The molecule has 6 nitrogen and oxygen atoms in total. The number of halogens is 1. The molecule has 2 rings (SSSR count). The summed E-state index contributed by atoms with van der Waals surface area (Å²) in [5.74, 6) is -0.457. The fourth-order valence-electron chi connectivity index (χ4n) is 2.41. The average Bonchev–Trinajstić information content (AvgIpc) is 2.59. The molecule has 0 aliphatic rings. The van der Waals surface area contributed by atoms with E-state index in [2.05, 4.69) is 31.9 Å². The third-order valence-corrected chi connectivity index (χ3v) is 4.28. The second kappa shape index (κ2) is 9.87. The van der Waals surface area contributed by atoms with E-state index >= 15 is 0 Å². The van der Waals surface area contributed by atoms with Crippen LogP contribution in [0.4, 0.5) is 11.4 Å². The van der Waals surface area contributed by atoms with Crippen LogP contribution in [0, 0.1) is 6.92 Å². The molecule has 0 saturated heterocycles. The molecule has 0 bridgehead atoms. The largest absolute Gasteiger partial charge is 0.355 e. The van der Waals surface area contributed by atoms with Gasteiger partial charge in [0.2, 0.25) is 17.7 Å². The third-order valence-electron chi connectivity index (χ3n) is 3.79. The Labute approximate surface area is 166 Å². The van der Waals surface area contributed by atoms with E-state index in [1.165, 1.54) is 6.92 Å². The van der Waals surface area contributed by atoms with Crippen molar-refractivity contribution in [1.82, 2.24) is 5.32 Å². The SMILES string of the molecule is CC(=O)Nc1ccc(CC(=O)NCCC(=O)Nc2cc(Br)ccc2C)cc1. The van der Waals surface area contributed by atoms with Gasteiger partial charge in [-0.2, -0.15) is 0 Å². The molecule has 142 valence electrons. The number of carbonyl (C=O) groups excluding carboxylic acids is 3. The standard InChI is InChI=1S/C20H22BrN3O3/c1-13-3-6-16(21)12-18(13)24-19(26)9-10-22-20(27)11-15-4-7-17(8-5-15)23-14(2)25/h3-8,12H,9-11H2,1-2H3,(H,22,27)(H,23,25)(H,24,26). The number of nitrogens with one attached hydrogen (secondary N) is 3. The highest BCUT2D eigenvalue weighted by molar-refractivity contribution is 9.10. The van der Waals surface area contributed by atoms with Crippen molar-refractivity contribution in [1.29, 1.82) is 0 Å². The number of rotatable bonds is 7. The van der Waals surface area contributed by atoms with E-state index < -0.39 is 0 Å². The summed E-state index contributed by atoms with van der Waals surface area (Å²) in [4.78, 5) is 35.0. The zero-order valence-electron chi connectivity index (χ0n) is 15.3. The highest BCUT2D eigenvalue weighted by atomic mass is 79.9. The van der Waals surface area contributed by atoms with Crippen LogP contribution in [0.3, 0.4) is 0 Å². The molecule has 0 atom stereocenters. The summed E-state index contributed by atoms with van der Waals surface area (Å²) in [6.07, 6.45) is 0.409. The zero-order chi connectivity index (χ0) is 19.8. The molecular weight excluding hydrogens is 410 g/mol. The number of hydrogen-bond acceptors (Lipinski definition) is 3. The number of amides is 3. The number of anilines is 2. The first kappa shape index (κ1) is 20.6. The molecule has 0 aromatic heterocycles. The summed E-state index contributed by atoms with van der Waals surface area (Å²) in [5, 5.41) is 8.26. The number of hydrogen-bond donors (Lipinski definition) is 3. The number of aryl methyl sites for hydroxylation is 1. The van der Waals surface area contributed by atoms with Gasteiger partial charge < -0.3 is 16.0 Å². The Morgan fingerprint density at radius 2 is 1.67 bits per heavy atom. The van der Waals surface area contributed by atoms with Crippen molar-refractivity contribution in [3.8, 4) is 0 Å². The summed E-state index contributed by atoms with van der Waals surface area (Å²) >= 11 is 3.38. The summed E-state index contributed by atoms with van der Waals surface area (Å²) in [5.41, 5.74) is 3.24. The first-order valence-electron chi connectivity index (χ1n) is 8.52. The van der Waals surface area contributed by atoms with E-state index in [1.807, 2.05) is 25.1 Å². The highest BCUT2D eigenvalue weighted by Crippen LogP contribution is 2.20. The second-order valence-corrected chi connectivity index (χ2v) is 7.08. The molecule has 3 amide bonds.